The summed E-state index contributed by atoms with van der Waals surface area (Å²) < 4.78 is 71.5. The molecule has 0 aromatic heterocycles. The monoisotopic (exact) mass is 446 g/mol. The summed E-state index contributed by atoms with van der Waals surface area (Å²) in [5.74, 6) is -1.87. The third kappa shape index (κ3) is 6.58. The van der Waals surface area contributed by atoms with Gasteiger partial charge in [0.2, 0.25) is 5.85 Å². The van der Waals surface area contributed by atoms with Crippen molar-refractivity contribution in [3.63, 3.8) is 0 Å². The third-order valence-electron chi connectivity index (χ3n) is 4.08. The molecule has 0 aliphatic carbocycles. The Morgan fingerprint density at radius 1 is 1.03 bits per heavy atom. The largest absolute Gasteiger partial charge is 0.494 e. The molecule has 6 nitrogen and oxygen atoms in total. The number of ether oxygens (including phenoxy) is 2. The smallest absolute Gasteiger partial charge is 0.416 e. The summed E-state index contributed by atoms with van der Waals surface area (Å²) in [6.07, 6.45) is -4.39. The van der Waals surface area contributed by atoms with E-state index >= 15 is 0 Å². The van der Waals surface area contributed by atoms with Crippen molar-refractivity contribution >= 4 is 13.6 Å². The van der Waals surface area contributed by atoms with E-state index in [2.05, 4.69) is 0 Å². The standard InChI is InChI=1S/C20H22F3O6P/c1-26-30(25,27-2)19(15-8-4-3-5-9-15)29-18(24)12-7-13-28-17-11-6-10-16(14-17)20(21,22)23/h3-6,8-11,14,19H,7,12-13H2,1-2H3. The molecule has 1 atom stereocenters. The number of hydrogen-bond acceptors (Lipinski definition) is 6. The maximum absolute atomic E-state index is 12.8. The number of carbonyl (C=O) groups is 1. The van der Waals surface area contributed by atoms with Crippen molar-refractivity contribution in [3.8, 4) is 5.75 Å². The number of benzene rings is 2. The van der Waals surface area contributed by atoms with Crippen LogP contribution in [-0.2, 0) is 29.3 Å². The lowest BCUT2D eigenvalue weighted by molar-refractivity contribution is -0.147. The van der Waals surface area contributed by atoms with Crippen molar-refractivity contribution < 1.29 is 41.1 Å². The van der Waals surface area contributed by atoms with E-state index in [9.17, 15) is 22.5 Å². The molecule has 2 rings (SSSR count). The number of carbonyl (C=O) groups excluding carboxylic acids is 1. The lowest BCUT2D eigenvalue weighted by Gasteiger charge is -2.24. The Hall–Kier alpha value is -2.35. The van der Waals surface area contributed by atoms with Crippen LogP contribution in [0.4, 0.5) is 13.2 Å². The van der Waals surface area contributed by atoms with Gasteiger partial charge in [-0.15, -0.1) is 0 Å². The molecule has 0 amide bonds. The van der Waals surface area contributed by atoms with Gasteiger partial charge in [0.25, 0.3) is 0 Å². The van der Waals surface area contributed by atoms with Crippen LogP contribution in [0.1, 0.15) is 29.8 Å². The van der Waals surface area contributed by atoms with Gasteiger partial charge in [-0.3, -0.25) is 9.36 Å². The minimum atomic E-state index is -4.47. The molecule has 0 bridgehead atoms. The number of hydrogen-bond donors (Lipinski definition) is 0. The van der Waals surface area contributed by atoms with Gasteiger partial charge in [-0.25, -0.2) is 0 Å². The SMILES string of the molecule is COP(=O)(OC)C(OC(=O)CCCOc1cccc(C(F)(F)F)c1)c1ccccc1. The molecule has 0 heterocycles. The Kier molecular flexibility index (Phi) is 8.46. The molecule has 0 radical (unpaired) electrons. The van der Waals surface area contributed by atoms with Crippen molar-refractivity contribution in [1.29, 1.82) is 0 Å². The zero-order valence-corrected chi connectivity index (χ0v) is 17.3. The van der Waals surface area contributed by atoms with Crippen LogP contribution in [0.5, 0.6) is 5.75 Å². The van der Waals surface area contributed by atoms with Crippen LogP contribution in [0.3, 0.4) is 0 Å². The van der Waals surface area contributed by atoms with Gasteiger partial charge in [0, 0.05) is 26.2 Å². The maximum Gasteiger partial charge on any atom is 0.416 e. The zero-order chi connectivity index (χ0) is 22.2. The van der Waals surface area contributed by atoms with Gasteiger partial charge in [-0.05, 0) is 24.6 Å². The maximum atomic E-state index is 12.8. The zero-order valence-electron chi connectivity index (χ0n) is 16.4. The Morgan fingerprint density at radius 2 is 1.70 bits per heavy atom. The second-order valence-electron chi connectivity index (χ2n) is 6.14. The van der Waals surface area contributed by atoms with Gasteiger partial charge in [0.05, 0.1) is 12.2 Å². The average molecular weight is 446 g/mol. The van der Waals surface area contributed by atoms with Crippen molar-refractivity contribution in [3.05, 3.63) is 65.7 Å². The van der Waals surface area contributed by atoms with Gasteiger partial charge >= 0.3 is 19.7 Å². The van der Waals surface area contributed by atoms with E-state index in [4.69, 9.17) is 18.5 Å². The Labute approximate surface area is 172 Å². The highest BCUT2D eigenvalue weighted by Gasteiger charge is 2.38. The molecule has 10 heteroatoms. The Bertz CT molecular complexity index is 864. The van der Waals surface area contributed by atoms with Crippen LogP contribution < -0.4 is 4.74 Å². The van der Waals surface area contributed by atoms with E-state index in [1.807, 2.05) is 0 Å². The summed E-state index contributed by atoms with van der Waals surface area (Å²) in [6, 6.07) is 12.8. The molecule has 164 valence electrons. The molecule has 0 fully saturated rings. The van der Waals surface area contributed by atoms with Gasteiger partial charge in [0.15, 0.2) is 0 Å². The molecule has 2 aromatic rings. The van der Waals surface area contributed by atoms with Gasteiger partial charge in [0.1, 0.15) is 5.75 Å². The van der Waals surface area contributed by atoms with Crippen molar-refractivity contribution in [2.75, 3.05) is 20.8 Å². The van der Waals surface area contributed by atoms with Crippen molar-refractivity contribution in [1.82, 2.24) is 0 Å². The summed E-state index contributed by atoms with van der Waals surface area (Å²) in [6.45, 7) is -0.00136. The normalized spacial score (nSPS) is 13.0. The average Bonchev–Trinajstić information content (AvgIpc) is 2.75. The minimum Gasteiger partial charge on any atom is -0.494 e. The summed E-state index contributed by atoms with van der Waals surface area (Å²) in [7, 11) is -1.37. The highest BCUT2D eigenvalue weighted by molar-refractivity contribution is 7.54. The fourth-order valence-electron chi connectivity index (χ4n) is 2.55. The first-order valence-corrected chi connectivity index (χ1v) is 10.6. The minimum absolute atomic E-state index is 0.00136. The summed E-state index contributed by atoms with van der Waals surface area (Å²) >= 11 is 0. The van der Waals surface area contributed by atoms with Crippen LogP contribution in [-0.4, -0.2) is 26.8 Å². The van der Waals surface area contributed by atoms with E-state index in [0.29, 0.717) is 5.56 Å². The van der Waals surface area contributed by atoms with Crippen molar-refractivity contribution in [2.45, 2.75) is 24.9 Å². The van der Waals surface area contributed by atoms with Crippen LogP contribution in [0.25, 0.3) is 0 Å². The number of esters is 1. The molecule has 1 unspecified atom stereocenters. The number of alkyl halides is 3. The predicted octanol–water partition coefficient (Wildman–Crippen LogP) is 5.59. The molecule has 0 aliphatic heterocycles. The quantitative estimate of drug-likeness (QED) is 0.269. The molecule has 0 aliphatic rings. The summed E-state index contributed by atoms with van der Waals surface area (Å²) in [5.41, 5.74) is -0.377. The first kappa shape index (κ1) is 23.9. The van der Waals surface area contributed by atoms with Crippen LogP contribution in [0.2, 0.25) is 0 Å². The van der Waals surface area contributed by atoms with Gasteiger partial charge in [-0.1, -0.05) is 36.4 Å². The van der Waals surface area contributed by atoms with E-state index in [0.717, 1.165) is 12.1 Å². The summed E-state index contributed by atoms with van der Waals surface area (Å²) in [4.78, 5) is 12.2. The van der Waals surface area contributed by atoms with Gasteiger partial charge in [-0.2, -0.15) is 13.2 Å². The first-order valence-electron chi connectivity index (χ1n) is 8.95. The van der Waals surface area contributed by atoms with Gasteiger partial charge < -0.3 is 18.5 Å². The van der Waals surface area contributed by atoms with E-state index < -0.39 is 31.1 Å². The van der Waals surface area contributed by atoms with Crippen molar-refractivity contribution in [2.24, 2.45) is 0 Å². The molecule has 0 spiro atoms. The van der Waals surface area contributed by atoms with E-state index in [1.54, 1.807) is 30.3 Å². The second-order valence-corrected chi connectivity index (χ2v) is 8.41. The van der Waals surface area contributed by atoms with E-state index in [1.165, 1.54) is 26.4 Å². The predicted molar refractivity (Wildman–Crippen MR) is 103 cm³/mol. The lowest BCUT2D eigenvalue weighted by Crippen LogP contribution is -2.14. The Balaban J connectivity index is 1.93. The number of halogens is 3. The number of rotatable bonds is 10. The molecule has 30 heavy (non-hydrogen) atoms. The first-order chi connectivity index (χ1) is 14.2. The molecular formula is C20H22F3O6P. The highest BCUT2D eigenvalue weighted by Crippen LogP contribution is 2.60. The van der Waals surface area contributed by atoms with Crippen LogP contribution >= 0.6 is 7.60 Å². The van der Waals surface area contributed by atoms with Crippen LogP contribution in [0.15, 0.2) is 54.6 Å². The Morgan fingerprint density at radius 3 is 2.30 bits per heavy atom. The molecule has 0 saturated heterocycles. The molecule has 0 saturated carbocycles. The molecule has 2 aromatic carbocycles. The summed E-state index contributed by atoms with van der Waals surface area (Å²) in [5, 5.41) is 0. The fraction of sp³-hybridized carbons (Fsp3) is 0.350. The molecular weight excluding hydrogens is 424 g/mol. The second kappa shape index (κ2) is 10.6. The highest BCUT2D eigenvalue weighted by atomic mass is 31.2. The molecule has 0 N–H and O–H groups in total. The van der Waals surface area contributed by atoms with Crippen LogP contribution in [0, 0.1) is 0 Å². The lowest BCUT2D eigenvalue weighted by atomic mass is 10.2. The third-order valence-corrected chi connectivity index (χ3v) is 6.08. The fourth-order valence-corrected chi connectivity index (χ4v) is 3.87. The van der Waals surface area contributed by atoms with E-state index in [-0.39, 0.29) is 25.2 Å². The topological polar surface area (TPSA) is 71.1 Å².